The number of nitrogen functional groups attached to an aromatic ring is 1. The first-order valence-electron chi connectivity index (χ1n) is 5.70. The minimum Gasteiger partial charge on any atom is -0.462 e. The van der Waals surface area contributed by atoms with Crippen molar-refractivity contribution in [3.63, 3.8) is 0 Å². The Bertz CT molecular complexity index is 509. The van der Waals surface area contributed by atoms with Gasteiger partial charge in [0, 0.05) is 6.07 Å². The van der Waals surface area contributed by atoms with Gasteiger partial charge in [-0.15, -0.1) is 0 Å². The average molecular weight is 250 g/mol. The highest BCUT2D eigenvalue weighted by molar-refractivity contribution is 5.97. The van der Waals surface area contributed by atoms with E-state index in [9.17, 15) is 14.9 Å². The van der Waals surface area contributed by atoms with E-state index in [2.05, 4.69) is 0 Å². The van der Waals surface area contributed by atoms with E-state index < -0.39 is 10.9 Å². The van der Waals surface area contributed by atoms with Crippen LogP contribution in [-0.2, 0) is 4.74 Å². The molecule has 0 heterocycles. The molecule has 0 aromatic heterocycles. The molecular formula is C12H14N2O4. The molecule has 0 aliphatic heterocycles. The fourth-order valence-electron chi connectivity index (χ4n) is 1.65. The van der Waals surface area contributed by atoms with Crippen LogP contribution in [-0.4, -0.2) is 17.5 Å². The predicted molar refractivity (Wildman–Crippen MR) is 65.3 cm³/mol. The normalized spacial score (nSPS) is 14.3. The second-order valence-corrected chi connectivity index (χ2v) is 4.54. The van der Waals surface area contributed by atoms with Gasteiger partial charge in [-0.2, -0.15) is 0 Å². The number of nitrogens with zero attached hydrogens (tertiary/aromatic N) is 1. The summed E-state index contributed by atoms with van der Waals surface area (Å²) >= 11 is 0. The number of aryl methyl sites for hydroxylation is 1. The molecule has 1 saturated carbocycles. The molecule has 0 saturated heterocycles. The number of nitro benzene ring substituents is 1. The van der Waals surface area contributed by atoms with Crippen LogP contribution < -0.4 is 5.73 Å². The smallest absolute Gasteiger partial charge is 0.340 e. The maximum atomic E-state index is 11.8. The van der Waals surface area contributed by atoms with E-state index in [1.165, 1.54) is 12.1 Å². The first-order chi connectivity index (χ1) is 8.49. The molecule has 2 rings (SSSR count). The largest absolute Gasteiger partial charge is 0.462 e. The summed E-state index contributed by atoms with van der Waals surface area (Å²) in [6, 6.07) is 2.85. The number of esters is 1. The molecule has 0 unspecified atom stereocenters. The Hall–Kier alpha value is -2.11. The lowest BCUT2D eigenvalue weighted by Crippen LogP contribution is -2.11. The lowest BCUT2D eigenvalue weighted by Gasteiger charge is -2.08. The first kappa shape index (κ1) is 12.3. The Balaban J connectivity index is 2.24. The Kier molecular flexibility index (Phi) is 3.18. The minimum atomic E-state index is -0.597. The number of benzene rings is 1. The summed E-state index contributed by atoms with van der Waals surface area (Å²) in [6.45, 7) is 2.03. The summed E-state index contributed by atoms with van der Waals surface area (Å²) in [5, 5.41) is 10.8. The van der Waals surface area contributed by atoms with Gasteiger partial charge < -0.3 is 10.5 Å². The number of hydrogen-bond donors (Lipinski definition) is 1. The van der Waals surface area contributed by atoms with Crippen molar-refractivity contribution < 1.29 is 14.5 Å². The van der Waals surface area contributed by atoms with Crippen molar-refractivity contribution in [3.8, 4) is 0 Å². The maximum absolute atomic E-state index is 11.8. The van der Waals surface area contributed by atoms with Gasteiger partial charge in [0.05, 0.1) is 17.1 Å². The van der Waals surface area contributed by atoms with E-state index in [0.29, 0.717) is 18.1 Å². The lowest BCUT2D eigenvalue weighted by atomic mass is 10.1. The van der Waals surface area contributed by atoms with Crippen LogP contribution in [0.15, 0.2) is 12.1 Å². The Morgan fingerprint density at radius 3 is 2.78 bits per heavy atom. The number of ether oxygens (including phenoxy) is 1. The van der Waals surface area contributed by atoms with Gasteiger partial charge in [0.15, 0.2) is 0 Å². The third-order valence-electron chi connectivity index (χ3n) is 2.87. The van der Waals surface area contributed by atoms with E-state index >= 15 is 0 Å². The van der Waals surface area contributed by atoms with Crippen molar-refractivity contribution in [3.05, 3.63) is 33.4 Å². The molecule has 1 aromatic carbocycles. The highest BCUT2D eigenvalue weighted by Crippen LogP contribution is 2.31. The predicted octanol–water partition coefficient (Wildman–Crippen LogP) is 2.05. The van der Waals surface area contributed by atoms with E-state index in [1.54, 1.807) is 6.92 Å². The van der Waals surface area contributed by atoms with Crippen molar-refractivity contribution in [2.24, 2.45) is 5.92 Å². The standard InChI is InChI=1S/C12H14N2O4/c1-7-4-9(11(13)10(5-7)14(16)17)12(15)18-6-8-2-3-8/h4-5,8H,2-3,6,13H2,1H3. The summed E-state index contributed by atoms with van der Waals surface area (Å²) in [7, 11) is 0. The third-order valence-corrected chi connectivity index (χ3v) is 2.87. The Morgan fingerprint density at radius 1 is 1.56 bits per heavy atom. The zero-order valence-electron chi connectivity index (χ0n) is 10.0. The van der Waals surface area contributed by atoms with E-state index in [0.717, 1.165) is 12.8 Å². The second kappa shape index (κ2) is 4.64. The number of anilines is 1. The van der Waals surface area contributed by atoms with Crippen LogP contribution >= 0.6 is 0 Å². The number of carbonyl (C=O) groups excluding carboxylic acids is 1. The van der Waals surface area contributed by atoms with E-state index in [1.807, 2.05) is 0 Å². The third kappa shape index (κ3) is 2.58. The molecule has 6 nitrogen and oxygen atoms in total. The maximum Gasteiger partial charge on any atom is 0.340 e. The molecule has 0 atom stereocenters. The van der Waals surface area contributed by atoms with Crippen LogP contribution in [0, 0.1) is 23.0 Å². The molecule has 96 valence electrons. The summed E-state index contributed by atoms with van der Waals surface area (Å²) in [5.41, 5.74) is 5.92. The van der Waals surface area contributed by atoms with Gasteiger partial charge in [-0.05, 0) is 37.3 Å². The first-order valence-corrected chi connectivity index (χ1v) is 5.70. The van der Waals surface area contributed by atoms with Gasteiger partial charge in [-0.3, -0.25) is 10.1 Å². The molecule has 2 N–H and O–H groups in total. The quantitative estimate of drug-likeness (QED) is 0.382. The number of carbonyl (C=O) groups is 1. The van der Waals surface area contributed by atoms with Crippen molar-refractivity contribution in [1.82, 2.24) is 0 Å². The van der Waals surface area contributed by atoms with Crippen molar-refractivity contribution >= 4 is 17.3 Å². The summed E-state index contributed by atoms with van der Waals surface area (Å²) in [4.78, 5) is 22.0. The molecule has 1 fully saturated rings. The Labute approximate surface area is 104 Å². The van der Waals surface area contributed by atoms with Gasteiger partial charge in [0.2, 0.25) is 0 Å². The fraction of sp³-hybridized carbons (Fsp3) is 0.417. The molecule has 0 amide bonds. The highest BCUT2D eigenvalue weighted by Gasteiger charge is 2.25. The van der Waals surface area contributed by atoms with Crippen LogP contribution in [0.25, 0.3) is 0 Å². The minimum absolute atomic E-state index is 0.0716. The number of nitro groups is 1. The van der Waals surface area contributed by atoms with Crippen LogP contribution in [0.5, 0.6) is 0 Å². The Morgan fingerprint density at radius 2 is 2.22 bits per heavy atom. The monoisotopic (exact) mass is 250 g/mol. The number of nitrogens with two attached hydrogens (primary N) is 1. The van der Waals surface area contributed by atoms with Gasteiger partial charge in [-0.25, -0.2) is 4.79 Å². The zero-order valence-corrected chi connectivity index (χ0v) is 10.0. The number of rotatable bonds is 4. The van der Waals surface area contributed by atoms with Crippen molar-refractivity contribution in [2.45, 2.75) is 19.8 Å². The van der Waals surface area contributed by atoms with Crippen LogP contribution in [0.3, 0.4) is 0 Å². The van der Waals surface area contributed by atoms with Crippen molar-refractivity contribution in [2.75, 3.05) is 12.3 Å². The molecule has 1 aromatic rings. The van der Waals surface area contributed by atoms with Crippen LogP contribution in [0.1, 0.15) is 28.8 Å². The van der Waals surface area contributed by atoms with Crippen LogP contribution in [0.4, 0.5) is 11.4 Å². The second-order valence-electron chi connectivity index (χ2n) is 4.54. The van der Waals surface area contributed by atoms with Gasteiger partial charge in [0.25, 0.3) is 5.69 Å². The number of hydrogen-bond acceptors (Lipinski definition) is 5. The SMILES string of the molecule is Cc1cc(C(=O)OCC2CC2)c(N)c([N+](=O)[O-])c1. The van der Waals surface area contributed by atoms with Gasteiger partial charge >= 0.3 is 5.97 Å². The van der Waals surface area contributed by atoms with Crippen LogP contribution in [0.2, 0.25) is 0 Å². The fourth-order valence-corrected chi connectivity index (χ4v) is 1.65. The van der Waals surface area contributed by atoms with E-state index in [-0.39, 0.29) is 16.9 Å². The van der Waals surface area contributed by atoms with E-state index in [4.69, 9.17) is 10.5 Å². The molecule has 1 aliphatic rings. The average Bonchev–Trinajstić information content (AvgIpc) is 3.12. The molecule has 6 heteroatoms. The molecule has 0 bridgehead atoms. The summed E-state index contributed by atoms with van der Waals surface area (Å²) in [5.74, 6) is -0.152. The van der Waals surface area contributed by atoms with Gasteiger partial charge in [-0.1, -0.05) is 0 Å². The molecular weight excluding hydrogens is 236 g/mol. The molecule has 0 radical (unpaired) electrons. The molecule has 1 aliphatic carbocycles. The highest BCUT2D eigenvalue weighted by atomic mass is 16.6. The zero-order chi connectivity index (χ0) is 13.3. The lowest BCUT2D eigenvalue weighted by molar-refractivity contribution is -0.384. The van der Waals surface area contributed by atoms with Crippen molar-refractivity contribution in [1.29, 1.82) is 0 Å². The summed E-state index contributed by atoms with van der Waals surface area (Å²) in [6.07, 6.45) is 2.13. The molecule has 18 heavy (non-hydrogen) atoms. The molecule has 0 spiro atoms. The topological polar surface area (TPSA) is 95.5 Å². The summed E-state index contributed by atoms with van der Waals surface area (Å²) < 4.78 is 5.08. The van der Waals surface area contributed by atoms with Gasteiger partial charge in [0.1, 0.15) is 5.69 Å².